The van der Waals surface area contributed by atoms with Crippen LogP contribution >= 0.6 is 0 Å². The van der Waals surface area contributed by atoms with Crippen molar-refractivity contribution in [1.82, 2.24) is 0 Å². The van der Waals surface area contributed by atoms with Crippen molar-refractivity contribution < 1.29 is 9.84 Å². The minimum atomic E-state index is -0.283. The van der Waals surface area contributed by atoms with Crippen molar-refractivity contribution in [2.75, 3.05) is 6.61 Å². The molecule has 2 rings (SSSR count). The van der Waals surface area contributed by atoms with Crippen molar-refractivity contribution in [3.63, 3.8) is 0 Å². The van der Waals surface area contributed by atoms with Crippen LogP contribution in [-0.2, 0) is 11.2 Å². The first kappa shape index (κ1) is 13.6. The molecule has 18 heavy (non-hydrogen) atoms. The minimum absolute atomic E-state index is 0.264. The molecule has 0 aliphatic carbocycles. The van der Waals surface area contributed by atoms with E-state index in [-0.39, 0.29) is 12.2 Å². The maximum atomic E-state index is 10.2. The van der Waals surface area contributed by atoms with Crippen molar-refractivity contribution in [2.45, 2.75) is 58.2 Å². The molecule has 2 heteroatoms. The van der Waals surface area contributed by atoms with Crippen LogP contribution in [0.15, 0.2) is 18.2 Å². The first-order chi connectivity index (χ1) is 8.63. The number of ether oxygens (including phenoxy) is 1. The predicted molar refractivity (Wildman–Crippen MR) is 73.8 cm³/mol. The highest BCUT2D eigenvalue weighted by atomic mass is 16.5. The van der Waals surface area contributed by atoms with Crippen LogP contribution in [0.3, 0.4) is 0 Å². The van der Waals surface area contributed by atoms with Gasteiger partial charge in [0, 0.05) is 6.61 Å². The van der Waals surface area contributed by atoms with Gasteiger partial charge in [0.15, 0.2) is 0 Å². The van der Waals surface area contributed by atoms with E-state index in [1.807, 2.05) is 0 Å². The lowest BCUT2D eigenvalue weighted by molar-refractivity contribution is -0.0147. The molecule has 1 heterocycles. The minimum Gasteiger partial charge on any atom is -0.393 e. The molecule has 1 aliphatic rings. The first-order valence-electron chi connectivity index (χ1n) is 7.00. The molecule has 1 saturated heterocycles. The molecule has 1 fully saturated rings. The van der Waals surface area contributed by atoms with E-state index in [2.05, 4.69) is 32.0 Å². The van der Waals surface area contributed by atoms with Crippen molar-refractivity contribution in [1.29, 1.82) is 0 Å². The Morgan fingerprint density at radius 3 is 2.56 bits per heavy atom. The number of aliphatic hydroxyl groups is 1. The van der Waals surface area contributed by atoms with Gasteiger partial charge >= 0.3 is 0 Å². The summed E-state index contributed by atoms with van der Waals surface area (Å²) in [6, 6.07) is 6.50. The quantitative estimate of drug-likeness (QED) is 0.887. The van der Waals surface area contributed by atoms with Crippen LogP contribution in [0.4, 0.5) is 0 Å². The third kappa shape index (κ3) is 4.11. The third-order valence-electron chi connectivity index (χ3n) is 3.56. The summed E-state index contributed by atoms with van der Waals surface area (Å²) < 4.78 is 5.67. The Balaban J connectivity index is 1.87. The van der Waals surface area contributed by atoms with Gasteiger partial charge in [0.05, 0.1) is 12.2 Å². The maximum absolute atomic E-state index is 10.2. The zero-order valence-corrected chi connectivity index (χ0v) is 11.5. The molecule has 2 atom stereocenters. The lowest BCUT2D eigenvalue weighted by Crippen LogP contribution is -2.25. The maximum Gasteiger partial charge on any atom is 0.0605 e. The molecule has 1 aliphatic heterocycles. The van der Waals surface area contributed by atoms with E-state index in [0.717, 1.165) is 25.9 Å². The average Bonchev–Trinajstić information content (AvgIpc) is 2.28. The largest absolute Gasteiger partial charge is 0.393 e. The molecule has 0 aromatic heterocycles. The molecule has 2 nitrogen and oxygen atoms in total. The Kier molecular flexibility index (Phi) is 4.79. The molecule has 100 valence electrons. The van der Waals surface area contributed by atoms with Gasteiger partial charge in [0.2, 0.25) is 0 Å². The van der Waals surface area contributed by atoms with E-state index >= 15 is 0 Å². The summed E-state index contributed by atoms with van der Waals surface area (Å²) in [4.78, 5) is 0. The normalized spacial score (nSPS) is 21.8. The van der Waals surface area contributed by atoms with Gasteiger partial charge in [0.25, 0.3) is 0 Å². The zero-order valence-electron chi connectivity index (χ0n) is 11.5. The van der Waals surface area contributed by atoms with Gasteiger partial charge in [-0.2, -0.15) is 0 Å². The Labute approximate surface area is 110 Å². The second kappa shape index (κ2) is 6.35. The number of aliphatic hydroxyl groups excluding tert-OH is 1. The summed E-state index contributed by atoms with van der Waals surface area (Å²) in [5.74, 6) is 0. The fourth-order valence-electron chi connectivity index (χ4n) is 2.84. The third-order valence-corrected chi connectivity index (χ3v) is 3.56. The summed E-state index contributed by atoms with van der Waals surface area (Å²) in [5.41, 5.74) is 3.77. The van der Waals surface area contributed by atoms with Gasteiger partial charge in [-0.1, -0.05) is 29.3 Å². The Morgan fingerprint density at radius 1 is 1.22 bits per heavy atom. The highest BCUT2D eigenvalue weighted by molar-refractivity contribution is 5.28. The monoisotopic (exact) mass is 248 g/mol. The summed E-state index contributed by atoms with van der Waals surface area (Å²) >= 11 is 0. The van der Waals surface area contributed by atoms with E-state index in [9.17, 15) is 5.11 Å². The molecular formula is C16H24O2. The lowest BCUT2D eigenvalue weighted by atomic mass is 9.97. The summed E-state index contributed by atoms with van der Waals surface area (Å²) in [6.45, 7) is 5.07. The van der Waals surface area contributed by atoms with Crippen molar-refractivity contribution in [2.24, 2.45) is 0 Å². The van der Waals surface area contributed by atoms with Crippen LogP contribution < -0.4 is 0 Å². The van der Waals surface area contributed by atoms with E-state index in [1.165, 1.54) is 29.5 Å². The molecule has 0 saturated carbocycles. The number of rotatable bonds is 4. The number of benzene rings is 1. The van der Waals surface area contributed by atoms with Gasteiger partial charge in [-0.3, -0.25) is 0 Å². The van der Waals surface area contributed by atoms with E-state index in [4.69, 9.17) is 4.74 Å². The van der Waals surface area contributed by atoms with Crippen LogP contribution in [0.2, 0.25) is 0 Å². The van der Waals surface area contributed by atoms with Gasteiger partial charge in [-0.25, -0.2) is 0 Å². The zero-order chi connectivity index (χ0) is 13.0. The smallest absolute Gasteiger partial charge is 0.0605 e. The molecule has 0 radical (unpaired) electrons. The van der Waals surface area contributed by atoms with Gasteiger partial charge < -0.3 is 9.84 Å². The number of hydrogen-bond acceptors (Lipinski definition) is 2. The number of aryl methyl sites for hydroxylation is 2. The van der Waals surface area contributed by atoms with E-state index in [1.54, 1.807) is 0 Å². The Morgan fingerprint density at radius 2 is 1.94 bits per heavy atom. The van der Waals surface area contributed by atoms with Crippen LogP contribution in [0.25, 0.3) is 0 Å². The van der Waals surface area contributed by atoms with Crippen LogP contribution in [0.5, 0.6) is 0 Å². The van der Waals surface area contributed by atoms with E-state index < -0.39 is 0 Å². The van der Waals surface area contributed by atoms with Crippen LogP contribution in [0.1, 0.15) is 42.4 Å². The SMILES string of the molecule is Cc1cc(C)cc(CC(O)CC2CCCCO2)c1. The molecule has 0 spiro atoms. The molecule has 2 unspecified atom stereocenters. The molecule has 1 aromatic rings. The van der Waals surface area contributed by atoms with E-state index in [0.29, 0.717) is 0 Å². The summed E-state index contributed by atoms with van der Waals surface area (Å²) in [5, 5.41) is 10.2. The van der Waals surface area contributed by atoms with Gasteiger partial charge in [-0.15, -0.1) is 0 Å². The standard InChI is InChI=1S/C16H24O2/c1-12-7-13(2)9-14(8-12)10-15(17)11-16-5-3-4-6-18-16/h7-9,15-17H,3-6,10-11H2,1-2H3. The molecule has 1 aromatic carbocycles. The van der Waals surface area contributed by atoms with Crippen molar-refractivity contribution in [3.8, 4) is 0 Å². The lowest BCUT2D eigenvalue weighted by Gasteiger charge is -2.24. The fourth-order valence-corrected chi connectivity index (χ4v) is 2.84. The fraction of sp³-hybridized carbons (Fsp3) is 0.625. The van der Waals surface area contributed by atoms with Crippen molar-refractivity contribution in [3.05, 3.63) is 34.9 Å². The van der Waals surface area contributed by atoms with Crippen molar-refractivity contribution >= 4 is 0 Å². The highest BCUT2D eigenvalue weighted by Gasteiger charge is 2.18. The van der Waals surface area contributed by atoms with Crippen LogP contribution in [0, 0.1) is 13.8 Å². The van der Waals surface area contributed by atoms with Gasteiger partial charge in [0.1, 0.15) is 0 Å². The topological polar surface area (TPSA) is 29.5 Å². The second-order valence-corrected chi connectivity index (χ2v) is 5.58. The highest BCUT2D eigenvalue weighted by Crippen LogP contribution is 2.19. The van der Waals surface area contributed by atoms with Crippen LogP contribution in [-0.4, -0.2) is 23.9 Å². The van der Waals surface area contributed by atoms with Gasteiger partial charge in [-0.05, 0) is 51.5 Å². The Bertz CT molecular complexity index is 360. The molecule has 1 N–H and O–H groups in total. The second-order valence-electron chi connectivity index (χ2n) is 5.58. The summed E-state index contributed by atoms with van der Waals surface area (Å²) in [6.07, 6.45) is 5.00. The average molecular weight is 248 g/mol. The predicted octanol–water partition coefficient (Wildman–Crippen LogP) is 3.17. The molecular weight excluding hydrogens is 224 g/mol. The summed E-state index contributed by atoms with van der Waals surface area (Å²) in [7, 11) is 0. The molecule has 0 bridgehead atoms. The molecule has 0 amide bonds. The number of hydrogen-bond donors (Lipinski definition) is 1. The first-order valence-corrected chi connectivity index (χ1v) is 7.00. The Hall–Kier alpha value is -0.860.